The summed E-state index contributed by atoms with van der Waals surface area (Å²) >= 11 is 6.11. The van der Waals surface area contributed by atoms with E-state index in [1.165, 1.54) is 0 Å². The highest BCUT2D eigenvalue weighted by Gasteiger charge is 2.22. The van der Waals surface area contributed by atoms with Crippen LogP contribution < -0.4 is 0 Å². The van der Waals surface area contributed by atoms with E-state index in [9.17, 15) is 10.2 Å². The van der Waals surface area contributed by atoms with Crippen LogP contribution in [0.1, 0.15) is 24.0 Å². The molecule has 0 fully saturated rings. The van der Waals surface area contributed by atoms with E-state index in [0.717, 1.165) is 36.8 Å². The zero-order chi connectivity index (χ0) is 12.0. The predicted molar refractivity (Wildman–Crippen MR) is 68.9 cm³/mol. The first-order valence-electron chi connectivity index (χ1n) is 5.84. The minimum absolute atomic E-state index is 0.248. The fourth-order valence-corrected chi connectivity index (χ4v) is 2.97. The van der Waals surface area contributed by atoms with Crippen LogP contribution in [-0.2, 0) is 12.8 Å². The topological polar surface area (TPSA) is 40.5 Å². The second-order valence-electron chi connectivity index (χ2n) is 4.52. The Balaban J connectivity index is 2.48. The van der Waals surface area contributed by atoms with Gasteiger partial charge in [0.2, 0.25) is 0 Å². The van der Waals surface area contributed by atoms with Gasteiger partial charge in [0.05, 0.1) is 5.02 Å². The van der Waals surface area contributed by atoms with Crippen molar-refractivity contribution in [1.82, 2.24) is 0 Å². The number of rotatable bonds is 0. The summed E-state index contributed by atoms with van der Waals surface area (Å²) in [6.07, 6.45) is 3.76. The molecule has 0 saturated carbocycles. The average molecular weight is 249 g/mol. The molecule has 2 nitrogen and oxygen atoms in total. The Bertz CT molecular complexity index is 605. The lowest BCUT2D eigenvalue weighted by Gasteiger charge is -2.20. The third-order valence-corrected chi connectivity index (χ3v) is 3.86. The molecule has 0 heterocycles. The van der Waals surface area contributed by atoms with Crippen molar-refractivity contribution in [1.29, 1.82) is 0 Å². The Hall–Kier alpha value is -1.41. The van der Waals surface area contributed by atoms with Gasteiger partial charge in [-0.15, -0.1) is 0 Å². The van der Waals surface area contributed by atoms with Crippen LogP contribution in [-0.4, -0.2) is 10.2 Å². The summed E-state index contributed by atoms with van der Waals surface area (Å²) in [5.74, 6) is 0.535. The largest absolute Gasteiger partial charge is 0.507 e. The summed E-state index contributed by atoms with van der Waals surface area (Å²) in [6, 6.07) is 5.32. The monoisotopic (exact) mass is 248 g/mol. The number of halogens is 1. The normalized spacial score (nSPS) is 14.9. The van der Waals surface area contributed by atoms with E-state index >= 15 is 0 Å². The first-order chi connectivity index (χ1) is 8.20. The molecule has 0 aliphatic heterocycles. The molecule has 88 valence electrons. The van der Waals surface area contributed by atoms with Gasteiger partial charge in [0.15, 0.2) is 0 Å². The molecule has 2 N–H and O–H groups in total. The Morgan fingerprint density at radius 1 is 0.941 bits per heavy atom. The standard InChI is InChI=1S/C14H13ClO2/c15-11-7-3-6-10-12(11)14(17)9-5-2-1-4-8(9)13(10)16/h3,6-7,16-17H,1-2,4-5H2. The van der Waals surface area contributed by atoms with Crippen molar-refractivity contribution in [2.24, 2.45) is 0 Å². The Morgan fingerprint density at radius 2 is 1.59 bits per heavy atom. The molecular formula is C14H13ClO2. The van der Waals surface area contributed by atoms with Crippen LogP contribution in [0.25, 0.3) is 10.8 Å². The molecule has 2 aromatic rings. The molecular weight excluding hydrogens is 236 g/mol. The minimum Gasteiger partial charge on any atom is -0.507 e. The molecule has 0 saturated heterocycles. The fourth-order valence-electron chi connectivity index (χ4n) is 2.70. The lowest BCUT2D eigenvalue weighted by Crippen LogP contribution is -2.04. The van der Waals surface area contributed by atoms with Gasteiger partial charge >= 0.3 is 0 Å². The van der Waals surface area contributed by atoms with Crippen LogP contribution in [0.15, 0.2) is 18.2 Å². The minimum atomic E-state index is 0.248. The van der Waals surface area contributed by atoms with Crippen LogP contribution in [0.4, 0.5) is 0 Å². The first-order valence-corrected chi connectivity index (χ1v) is 6.22. The smallest absolute Gasteiger partial charge is 0.128 e. The highest BCUT2D eigenvalue weighted by molar-refractivity contribution is 6.36. The number of phenols is 2. The molecule has 0 radical (unpaired) electrons. The Morgan fingerprint density at radius 3 is 2.29 bits per heavy atom. The molecule has 3 rings (SSSR count). The van der Waals surface area contributed by atoms with Crippen molar-refractivity contribution in [2.45, 2.75) is 25.7 Å². The summed E-state index contributed by atoms with van der Waals surface area (Å²) in [6.45, 7) is 0. The van der Waals surface area contributed by atoms with Crippen molar-refractivity contribution in [2.75, 3.05) is 0 Å². The van der Waals surface area contributed by atoms with E-state index in [1.807, 2.05) is 0 Å². The average Bonchev–Trinajstić information content (AvgIpc) is 2.36. The van der Waals surface area contributed by atoms with Crippen molar-refractivity contribution >= 4 is 22.4 Å². The molecule has 1 aliphatic carbocycles. The SMILES string of the molecule is Oc1c2c(c(O)c3c(Cl)cccc13)CCCC2. The quantitative estimate of drug-likeness (QED) is 0.697. The van der Waals surface area contributed by atoms with Gasteiger partial charge in [0.25, 0.3) is 0 Å². The van der Waals surface area contributed by atoms with Gasteiger partial charge in [0.1, 0.15) is 11.5 Å². The number of benzene rings is 2. The van der Waals surface area contributed by atoms with Gasteiger partial charge in [0, 0.05) is 21.9 Å². The molecule has 3 heteroatoms. The van der Waals surface area contributed by atoms with E-state index in [-0.39, 0.29) is 11.5 Å². The number of hydrogen-bond donors (Lipinski definition) is 2. The summed E-state index contributed by atoms with van der Waals surface area (Å²) in [7, 11) is 0. The second-order valence-corrected chi connectivity index (χ2v) is 4.93. The van der Waals surface area contributed by atoms with Gasteiger partial charge in [-0.3, -0.25) is 0 Å². The first kappa shape index (κ1) is 10.7. The number of fused-ring (bicyclic) bond motifs is 2. The molecule has 0 atom stereocenters. The number of hydrogen-bond acceptors (Lipinski definition) is 2. The lowest BCUT2D eigenvalue weighted by atomic mass is 9.87. The molecule has 1 aliphatic rings. The molecule has 0 spiro atoms. The van der Waals surface area contributed by atoms with E-state index in [1.54, 1.807) is 18.2 Å². The molecule has 0 amide bonds. The van der Waals surface area contributed by atoms with Crippen molar-refractivity contribution < 1.29 is 10.2 Å². The second kappa shape index (κ2) is 3.81. The molecule has 0 aromatic heterocycles. The zero-order valence-corrected chi connectivity index (χ0v) is 10.1. The molecule has 0 unspecified atom stereocenters. The summed E-state index contributed by atoms with van der Waals surface area (Å²) in [4.78, 5) is 0. The van der Waals surface area contributed by atoms with Crippen LogP contribution in [0.3, 0.4) is 0 Å². The van der Waals surface area contributed by atoms with Gasteiger partial charge in [-0.25, -0.2) is 0 Å². The number of aromatic hydroxyl groups is 2. The summed E-state index contributed by atoms with van der Waals surface area (Å²) in [5.41, 5.74) is 1.76. The van der Waals surface area contributed by atoms with Gasteiger partial charge in [-0.2, -0.15) is 0 Å². The van der Waals surface area contributed by atoms with Gasteiger partial charge in [-0.1, -0.05) is 23.7 Å². The third-order valence-electron chi connectivity index (χ3n) is 3.55. The Labute approximate surface area is 104 Å². The van der Waals surface area contributed by atoms with Crippen LogP contribution in [0, 0.1) is 0 Å². The predicted octanol–water partition coefficient (Wildman–Crippen LogP) is 3.78. The van der Waals surface area contributed by atoms with E-state index < -0.39 is 0 Å². The van der Waals surface area contributed by atoms with E-state index in [4.69, 9.17) is 11.6 Å². The molecule has 0 bridgehead atoms. The third kappa shape index (κ3) is 1.48. The maximum atomic E-state index is 10.3. The van der Waals surface area contributed by atoms with Crippen LogP contribution in [0.2, 0.25) is 5.02 Å². The van der Waals surface area contributed by atoms with E-state index in [2.05, 4.69) is 0 Å². The van der Waals surface area contributed by atoms with Crippen molar-refractivity contribution in [3.8, 4) is 11.5 Å². The fraction of sp³-hybridized carbons (Fsp3) is 0.286. The van der Waals surface area contributed by atoms with Gasteiger partial charge < -0.3 is 10.2 Å². The maximum absolute atomic E-state index is 10.3. The molecule has 2 aromatic carbocycles. The van der Waals surface area contributed by atoms with Gasteiger partial charge in [-0.05, 0) is 31.7 Å². The number of phenolic OH excluding ortho intramolecular Hbond substituents is 2. The van der Waals surface area contributed by atoms with Crippen molar-refractivity contribution in [3.63, 3.8) is 0 Å². The zero-order valence-electron chi connectivity index (χ0n) is 9.33. The lowest BCUT2D eigenvalue weighted by molar-refractivity contribution is 0.449. The highest BCUT2D eigenvalue weighted by atomic mass is 35.5. The van der Waals surface area contributed by atoms with Crippen LogP contribution in [0.5, 0.6) is 11.5 Å². The van der Waals surface area contributed by atoms with Crippen LogP contribution >= 0.6 is 11.6 Å². The summed E-state index contributed by atoms with van der Waals surface area (Å²) in [5, 5.41) is 22.3. The molecule has 17 heavy (non-hydrogen) atoms. The highest BCUT2D eigenvalue weighted by Crippen LogP contribution is 2.45. The summed E-state index contributed by atoms with van der Waals surface area (Å²) < 4.78 is 0. The van der Waals surface area contributed by atoms with E-state index in [0.29, 0.717) is 15.8 Å². The Kier molecular flexibility index (Phi) is 2.40. The van der Waals surface area contributed by atoms with Crippen molar-refractivity contribution in [3.05, 3.63) is 34.3 Å². The maximum Gasteiger partial charge on any atom is 0.128 e.